The van der Waals surface area contributed by atoms with Gasteiger partial charge in [0, 0.05) is 6.61 Å². The van der Waals surface area contributed by atoms with E-state index in [0.717, 1.165) is 45.1 Å². The third-order valence-corrected chi connectivity index (χ3v) is 9.19. The zero-order valence-electron chi connectivity index (χ0n) is 14.7. The molecule has 2 N–H and O–H groups in total. The second kappa shape index (κ2) is 7.30. The van der Waals surface area contributed by atoms with Crippen LogP contribution in [0.5, 0.6) is 0 Å². The van der Waals surface area contributed by atoms with Crippen molar-refractivity contribution in [1.29, 1.82) is 0 Å². The summed E-state index contributed by atoms with van der Waals surface area (Å²) >= 11 is 0. The molecule has 1 heterocycles. The molecule has 2 rings (SSSR count). The van der Waals surface area contributed by atoms with Crippen LogP contribution >= 0.6 is 0 Å². The molecule has 1 aliphatic carbocycles. The van der Waals surface area contributed by atoms with Crippen LogP contribution in [-0.4, -0.2) is 43.3 Å². The molecule has 0 aromatic rings. The van der Waals surface area contributed by atoms with Crippen molar-refractivity contribution in [2.45, 2.75) is 95.4 Å². The zero-order chi connectivity index (χ0) is 16.4. The van der Waals surface area contributed by atoms with Crippen molar-refractivity contribution in [1.82, 2.24) is 0 Å². The van der Waals surface area contributed by atoms with E-state index in [1.807, 2.05) is 13.1 Å². The van der Waals surface area contributed by atoms with E-state index < -0.39 is 8.32 Å². The van der Waals surface area contributed by atoms with Gasteiger partial charge < -0.3 is 19.4 Å². The van der Waals surface area contributed by atoms with E-state index in [2.05, 4.69) is 13.8 Å². The van der Waals surface area contributed by atoms with Crippen LogP contribution in [0.1, 0.15) is 58.8 Å². The lowest BCUT2D eigenvalue weighted by atomic mass is 9.80. The van der Waals surface area contributed by atoms with Crippen molar-refractivity contribution in [2.75, 3.05) is 6.61 Å². The minimum Gasteiger partial charge on any atom is -0.432 e. The van der Waals surface area contributed by atoms with E-state index in [1.54, 1.807) is 0 Å². The van der Waals surface area contributed by atoms with Gasteiger partial charge in [-0.3, -0.25) is 0 Å². The van der Waals surface area contributed by atoms with Gasteiger partial charge in [0.05, 0.1) is 12.2 Å². The highest BCUT2D eigenvalue weighted by molar-refractivity contribution is 6.72. The summed E-state index contributed by atoms with van der Waals surface area (Å²) in [7, 11) is -2.20. The zero-order valence-corrected chi connectivity index (χ0v) is 15.7. The lowest BCUT2D eigenvalue weighted by Crippen LogP contribution is -2.42. The van der Waals surface area contributed by atoms with Gasteiger partial charge in [0.25, 0.3) is 0 Å². The fourth-order valence-electron chi connectivity index (χ4n) is 3.63. The predicted octanol–water partition coefficient (Wildman–Crippen LogP) is 3.43. The van der Waals surface area contributed by atoms with Gasteiger partial charge in [0.15, 0.2) is 14.6 Å². The van der Waals surface area contributed by atoms with E-state index in [4.69, 9.17) is 9.47 Å². The van der Waals surface area contributed by atoms with Gasteiger partial charge in [-0.15, -0.1) is 0 Å². The van der Waals surface area contributed by atoms with Gasteiger partial charge in [-0.05, 0) is 69.0 Å². The molecule has 4 nitrogen and oxygen atoms in total. The van der Waals surface area contributed by atoms with Crippen LogP contribution in [0.25, 0.3) is 0 Å². The number of rotatable bonds is 5. The molecule has 0 radical (unpaired) electrons. The van der Waals surface area contributed by atoms with E-state index in [1.165, 1.54) is 6.42 Å². The molecule has 4 atom stereocenters. The van der Waals surface area contributed by atoms with E-state index in [-0.39, 0.29) is 23.5 Å². The van der Waals surface area contributed by atoms with Gasteiger partial charge >= 0.3 is 0 Å². The maximum atomic E-state index is 10.5. The van der Waals surface area contributed by atoms with Gasteiger partial charge in [-0.2, -0.15) is 0 Å². The van der Waals surface area contributed by atoms with Gasteiger partial charge in [0.2, 0.25) is 0 Å². The summed E-state index contributed by atoms with van der Waals surface area (Å²) in [5.74, 6) is 0.422. The molecule has 0 aromatic carbocycles. The highest BCUT2D eigenvalue weighted by Gasteiger charge is 2.41. The normalized spacial score (nSPS) is 34.6. The van der Waals surface area contributed by atoms with Crippen molar-refractivity contribution in [3.63, 3.8) is 0 Å². The van der Waals surface area contributed by atoms with Crippen molar-refractivity contribution >= 4 is 8.32 Å². The number of aliphatic hydroxyl groups is 1. The van der Waals surface area contributed by atoms with Crippen molar-refractivity contribution in [3.05, 3.63) is 0 Å². The molecule has 5 heteroatoms. The standard InChI is InChI=1S/C17H34O4Si/c1-17(2,22(3,4)19)12-13-9-14(18)11-15(10-13)21-16-7-5-6-8-20-16/h13-16,18-19H,5-12H2,1-4H3/t13-,14+,15-,16?/m0/s1. The lowest BCUT2D eigenvalue weighted by Gasteiger charge is -2.42. The van der Waals surface area contributed by atoms with Crippen LogP contribution in [0, 0.1) is 5.92 Å². The molecule has 130 valence electrons. The number of ether oxygens (including phenoxy) is 2. The quantitative estimate of drug-likeness (QED) is 0.758. The number of hydrogen-bond donors (Lipinski definition) is 2. The Morgan fingerprint density at radius 2 is 1.91 bits per heavy atom. The summed E-state index contributed by atoms with van der Waals surface area (Å²) in [6.45, 7) is 9.15. The number of hydrogen-bond acceptors (Lipinski definition) is 4. The monoisotopic (exact) mass is 330 g/mol. The topological polar surface area (TPSA) is 58.9 Å². The van der Waals surface area contributed by atoms with Crippen LogP contribution < -0.4 is 0 Å². The fourth-order valence-corrected chi connectivity index (χ4v) is 4.42. The average Bonchev–Trinajstić information content (AvgIpc) is 2.37. The van der Waals surface area contributed by atoms with Gasteiger partial charge in [-0.1, -0.05) is 13.8 Å². The highest BCUT2D eigenvalue weighted by atomic mass is 28.4. The molecule has 0 bridgehead atoms. The molecule has 22 heavy (non-hydrogen) atoms. The Morgan fingerprint density at radius 3 is 2.50 bits per heavy atom. The molecule has 1 saturated carbocycles. The van der Waals surface area contributed by atoms with Gasteiger partial charge in [0.1, 0.15) is 0 Å². The Labute approximate surface area is 136 Å². The Balaban J connectivity index is 1.90. The molecule has 1 aliphatic heterocycles. The van der Waals surface area contributed by atoms with E-state index >= 15 is 0 Å². The molecule has 2 fully saturated rings. The summed E-state index contributed by atoms with van der Waals surface area (Å²) in [5, 5.41) is 10.2. The third kappa shape index (κ3) is 5.03. The first-order valence-corrected chi connectivity index (χ1v) is 11.8. The summed E-state index contributed by atoms with van der Waals surface area (Å²) in [6.07, 6.45) is 6.48. The van der Waals surface area contributed by atoms with Crippen LogP contribution in [0.4, 0.5) is 0 Å². The van der Waals surface area contributed by atoms with E-state index in [0.29, 0.717) is 5.92 Å². The Kier molecular flexibility index (Phi) is 6.11. The summed E-state index contributed by atoms with van der Waals surface area (Å²) in [4.78, 5) is 10.5. The molecule has 1 saturated heterocycles. The van der Waals surface area contributed by atoms with Gasteiger partial charge in [-0.25, -0.2) is 0 Å². The molecule has 0 spiro atoms. The smallest absolute Gasteiger partial charge is 0.188 e. The highest BCUT2D eigenvalue weighted by Crippen LogP contribution is 2.45. The largest absolute Gasteiger partial charge is 0.432 e. The van der Waals surface area contributed by atoms with Crippen LogP contribution in [0.2, 0.25) is 18.1 Å². The summed E-state index contributed by atoms with van der Waals surface area (Å²) in [6, 6.07) is 0. The fraction of sp³-hybridized carbons (Fsp3) is 1.00. The second-order valence-electron chi connectivity index (χ2n) is 8.43. The van der Waals surface area contributed by atoms with Crippen molar-refractivity contribution in [2.24, 2.45) is 5.92 Å². The maximum absolute atomic E-state index is 10.5. The minimum absolute atomic E-state index is 0.0411. The van der Waals surface area contributed by atoms with Crippen LogP contribution in [0.15, 0.2) is 0 Å². The number of aliphatic hydroxyl groups excluding tert-OH is 1. The first kappa shape index (κ1) is 18.4. The van der Waals surface area contributed by atoms with Crippen LogP contribution in [-0.2, 0) is 9.47 Å². The molecule has 0 amide bonds. The molecular weight excluding hydrogens is 296 g/mol. The first-order valence-electron chi connectivity index (χ1n) is 8.85. The molecular formula is C17H34O4Si. The minimum atomic E-state index is -2.20. The Morgan fingerprint density at radius 1 is 1.18 bits per heavy atom. The van der Waals surface area contributed by atoms with Crippen molar-refractivity contribution < 1.29 is 19.4 Å². The second-order valence-corrected chi connectivity index (χ2v) is 12.9. The lowest BCUT2D eigenvalue weighted by molar-refractivity contribution is -0.202. The molecule has 2 aliphatic rings. The summed E-state index contributed by atoms with van der Waals surface area (Å²) in [5.41, 5.74) is 0. The average molecular weight is 331 g/mol. The van der Waals surface area contributed by atoms with Crippen LogP contribution in [0.3, 0.4) is 0 Å². The molecule has 1 unspecified atom stereocenters. The molecule has 0 aromatic heterocycles. The predicted molar refractivity (Wildman–Crippen MR) is 90.2 cm³/mol. The van der Waals surface area contributed by atoms with E-state index in [9.17, 15) is 9.90 Å². The Bertz CT molecular complexity index is 347. The van der Waals surface area contributed by atoms with Crippen molar-refractivity contribution in [3.8, 4) is 0 Å². The maximum Gasteiger partial charge on any atom is 0.188 e. The summed E-state index contributed by atoms with van der Waals surface area (Å²) < 4.78 is 11.8. The first-order chi connectivity index (χ1) is 10.2. The Hall–Kier alpha value is 0.0569. The SMILES string of the molecule is CC(C)(C[C@H]1C[C@@H](O)C[C@@H](OC2CCCCO2)C1)[Si](C)(C)O. The third-order valence-electron chi connectivity index (χ3n) is 5.67.